The average Bonchev–Trinajstić information content (AvgIpc) is 3.48. The van der Waals surface area contributed by atoms with Crippen LogP contribution >= 0.6 is 11.3 Å². The SMILES string of the molecule is COc1ccc(C2CC(c3cccs3)=NN2C(=O)COc2ccc(C)cc2)cc1OC. The Labute approximate surface area is 185 Å². The van der Waals surface area contributed by atoms with Crippen LogP contribution in [0.5, 0.6) is 17.2 Å². The highest BCUT2D eigenvalue weighted by Crippen LogP contribution is 2.37. The first-order valence-electron chi connectivity index (χ1n) is 9.94. The Morgan fingerprint density at radius 2 is 1.87 bits per heavy atom. The first-order chi connectivity index (χ1) is 15.1. The molecule has 31 heavy (non-hydrogen) atoms. The predicted octanol–water partition coefficient (Wildman–Crippen LogP) is 4.83. The second-order valence-electron chi connectivity index (χ2n) is 7.20. The van der Waals surface area contributed by atoms with E-state index in [4.69, 9.17) is 14.2 Å². The van der Waals surface area contributed by atoms with E-state index >= 15 is 0 Å². The minimum Gasteiger partial charge on any atom is -0.493 e. The standard InChI is InChI=1S/C24H24N2O4S/c1-16-6-9-18(10-7-16)30-15-24(27)26-20(14-19(25-26)23-5-4-12-31-23)17-8-11-21(28-2)22(13-17)29-3/h4-13,20H,14-15H2,1-3H3. The van der Waals surface area contributed by atoms with Gasteiger partial charge >= 0.3 is 0 Å². The molecular formula is C24H24N2O4S. The molecule has 3 aromatic rings. The van der Waals surface area contributed by atoms with Crippen molar-refractivity contribution in [1.82, 2.24) is 5.01 Å². The zero-order chi connectivity index (χ0) is 21.8. The molecule has 0 aliphatic carbocycles. The van der Waals surface area contributed by atoms with Gasteiger partial charge in [0.1, 0.15) is 5.75 Å². The summed E-state index contributed by atoms with van der Waals surface area (Å²) < 4.78 is 16.5. The third-order valence-electron chi connectivity index (χ3n) is 5.15. The van der Waals surface area contributed by atoms with Gasteiger partial charge in [0.15, 0.2) is 18.1 Å². The van der Waals surface area contributed by atoms with E-state index < -0.39 is 0 Å². The highest BCUT2D eigenvalue weighted by atomic mass is 32.1. The van der Waals surface area contributed by atoms with Gasteiger partial charge in [-0.1, -0.05) is 29.8 Å². The summed E-state index contributed by atoms with van der Waals surface area (Å²) in [5.41, 5.74) is 2.95. The number of thiophene rings is 1. The lowest BCUT2D eigenvalue weighted by molar-refractivity contribution is -0.135. The van der Waals surface area contributed by atoms with Crippen molar-refractivity contribution in [1.29, 1.82) is 0 Å². The lowest BCUT2D eigenvalue weighted by Gasteiger charge is -2.23. The topological polar surface area (TPSA) is 60.4 Å². The van der Waals surface area contributed by atoms with Crippen molar-refractivity contribution in [2.24, 2.45) is 5.10 Å². The van der Waals surface area contributed by atoms with Crippen molar-refractivity contribution >= 4 is 23.0 Å². The minimum atomic E-state index is -0.244. The van der Waals surface area contributed by atoms with Crippen LogP contribution in [0.1, 0.15) is 28.5 Å². The Hall–Kier alpha value is -3.32. The number of nitrogens with zero attached hydrogens (tertiary/aromatic N) is 2. The largest absolute Gasteiger partial charge is 0.493 e. The quantitative estimate of drug-likeness (QED) is 0.532. The van der Waals surface area contributed by atoms with Crippen molar-refractivity contribution in [3.8, 4) is 17.2 Å². The molecule has 2 aromatic carbocycles. The van der Waals surface area contributed by atoms with Crippen molar-refractivity contribution in [2.75, 3.05) is 20.8 Å². The van der Waals surface area contributed by atoms with E-state index in [9.17, 15) is 4.79 Å². The van der Waals surface area contributed by atoms with Gasteiger partial charge in [0, 0.05) is 6.42 Å². The summed E-state index contributed by atoms with van der Waals surface area (Å²) in [7, 11) is 3.20. The molecule has 1 aliphatic heterocycles. The Kier molecular flexibility index (Phi) is 6.23. The molecule has 1 unspecified atom stereocenters. The molecule has 2 heterocycles. The van der Waals surface area contributed by atoms with Crippen LogP contribution in [-0.4, -0.2) is 37.5 Å². The zero-order valence-electron chi connectivity index (χ0n) is 17.7. The van der Waals surface area contributed by atoms with E-state index in [-0.39, 0.29) is 18.6 Å². The van der Waals surface area contributed by atoms with E-state index in [2.05, 4.69) is 5.10 Å². The van der Waals surface area contributed by atoms with E-state index in [1.165, 1.54) is 5.01 Å². The van der Waals surface area contributed by atoms with Crippen LogP contribution in [-0.2, 0) is 4.79 Å². The van der Waals surface area contributed by atoms with Gasteiger partial charge in [0.05, 0.1) is 30.9 Å². The summed E-state index contributed by atoms with van der Waals surface area (Å²) in [6.45, 7) is 1.92. The van der Waals surface area contributed by atoms with E-state index in [0.29, 0.717) is 23.7 Å². The number of benzene rings is 2. The number of carbonyl (C=O) groups is 1. The normalized spacial score (nSPS) is 15.5. The van der Waals surface area contributed by atoms with Gasteiger partial charge in [-0.15, -0.1) is 11.3 Å². The highest BCUT2D eigenvalue weighted by Gasteiger charge is 2.34. The first-order valence-corrected chi connectivity index (χ1v) is 10.8. The fraction of sp³-hybridized carbons (Fsp3) is 0.250. The fourth-order valence-corrected chi connectivity index (χ4v) is 4.22. The molecule has 1 aromatic heterocycles. The van der Waals surface area contributed by atoms with Crippen molar-refractivity contribution in [3.05, 3.63) is 76.0 Å². The molecule has 0 N–H and O–H groups in total. The van der Waals surface area contributed by atoms with Gasteiger partial charge in [-0.2, -0.15) is 5.10 Å². The van der Waals surface area contributed by atoms with Crippen molar-refractivity contribution in [2.45, 2.75) is 19.4 Å². The lowest BCUT2D eigenvalue weighted by Crippen LogP contribution is -2.31. The van der Waals surface area contributed by atoms with Crippen LogP contribution in [0.25, 0.3) is 0 Å². The highest BCUT2D eigenvalue weighted by molar-refractivity contribution is 7.12. The Morgan fingerprint density at radius 3 is 2.55 bits per heavy atom. The number of hydrogen-bond donors (Lipinski definition) is 0. The number of hydrogen-bond acceptors (Lipinski definition) is 6. The summed E-state index contributed by atoms with van der Waals surface area (Å²) in [6, 6.07) is 17.1. The van der Waals surface area contributed by atoms with Crippen LogP contribution in [0, 0.1) is 6.92 Å². The number of rotatable bonds is 7. The van der Waals surface area contributed by atoms with E-state index in [1.54, 1.807) is 25.6 Å². The number of methoxy groups -OCH3 is 2. The second-order valence-corrected chi connectivity index (χ2v) is 8.15. The van der Waals surface area contributed by atoms with Crippen LogP contribution < -0.4 is 14.2 Å². The monoisotopic (exact) mass is 436 g/mol. The molecule has 7 heteroatoms. The second kappa shape index (κ2) is 9.22. The molecule has 1 atom stereocenters. The van der Waals surface area contributed by atoms with Crippen LogP contribution in [0.2, 0.25) is 0 Å². The Balaban J connectivity index is 1.59. The van der Waals surface area contributed by atoms with Gasteiger partial charge in [-0.05, 0) is 48.2 Å². The Morgan fingerprint density at radius 1 is 1.10 bits per heavy atom. The maximum Gasteiger partial charge on any atom is 0.281 e. The maximum absolute atomic E-state index is 13.1. The molecule has 160 valence electrons. The summed E-state index contributed by atoms with van der Waals surface area (Å²) in [5, 5.41) is 8.21. The van der Waals surface area contributed by atoms with Gasteiger partial charge in [0.25, 0.3) is 5.91 Å². The minimum absolute atomic E-state index is 0.0892. The maximum atomic E-state index is 13.1. The van der Waals surface area contributed by atoms with Gasteiger partial charge < -0.3 is 14.2 Å². The number of hydrazone groups is 1. The zero-order valence-corrected chi connectivity index (χ0v) is 18.5. The first kappa shape index (κ1) is 20.9. The van der Waals surface area contributed by atoms with Crippen molar-refractivity contribution < 1.29 is 19.0 Å². The summed E-state index contributed by atoms with van der Waals surface area (Å²) in [6.07, 6.45) is 0.617. The van der Waals surface area contributed by atoms with Gasteiger partial charge in [-0.3, -0.25) is 4.79 Å². The van der Waals surface area contributed by atoms with Gasteiger partial charge in [0.2, 0.25) is 0 Å². The molecule has 0 spiro atoms. The molecule has 0 bridgehead atoms. The summed E-state index contributed by atoms with van der Waals surface area (Å²) in [4.78, 5) is 14.2. The van der Waals surface area contributed by atoms with E-state index in [0.717, 1.165) is 21.7 Å². The fourth-order valence-electron chi connectivity index (χ4n) is 3.50. The Bertz CT molecular complexity index is 1080. The number of aryl methyl sites for hydroxylation is 1. The van der Waals surface area contributed by atoms with Crippen LogP contribution in [0.3, 0.4) is 0 Å². The molecule has 0 fully saturated rings. The molecular weight excluding hydrogens is 412 g/mol. The predicted molar refractivity (Wildman–Crippen MR) is 121 cm³/mol. The number of amides is 1. The van der Waals surface area contributed by atoms with E-state index in [1.807, 2.05) is 66.9 Å². The molecule has 0 saturated heterocycles. The third-order valence-corrected chi connectivity index (χ3v) is 6.07. The smallest absolute Gasteiger partial charge is 0.281 e. The molecule has 6 nitrogen and oxygen atoms in total. The molecule has 1 aliphatic rings. The van der Waals surface area contributed by atoms with Crippen LogP contribution in [0.15, 0.2) is 65.1 Å². The lowest BCUT2D eigenvalue weighted by atomic mass is 10.0. The molecule has 0 radical (unpaired) electrons. The summed E-state index contributed by atoms with van der Waals surface area (Å²) >= 11 is 1.61. The molecule has 0 saturated carbocycles. The summed E-state index contributed by atoms with van der Waals surface area (Å²) in [5.74, 6) is 1.72. The third kappa shape index (κ3) is 4.56. The van der Waals surface area contributed by atoms with Crippen molar-refractivity contribution in [3.63, 3.8) is 0 Å². The average molecular weight is 437 g/mol. The number of carbonyl (C=O) groups excluding carboxylic acids is 1. The number of ether oxygens (including phenoxy) is 3. The van der Waals surface area contributed by atoms with Crippen LogP contribution in [0.4, 0.5) is 0 Å². The molecule has 1 amide bonds. The molecule has 4 rings (SSSR count). The van der Waals surface area contributed by atoms with Gasteiger partial charge in [-0.25, -0.2) is 5.01 Å².